The molecule has 0 heterocycles. The molecule has 1 aliphatic carbocycles. The molecular formula is C10H17F2NO2. The van der Waals surface area contributed by atoms with Crippen LogP contribution in [0, 0.1) is 0 Å². The van der Waals surface area contributed by atoms with Crippen molar-refractivity contribution in [2.45, 2.75) is 44.2 Å². The summed E-state index contributed by atoms with van der Waals surface area (Å²) in [6, 6.07) is -1.07. The summed E-state index contributed by atoms with van der Waals surface area (Å²) in [5.74, 6) is 0. The van der Waals surface area contributed by atoms with Crippen molar-refractivity contribution >= 4 is 6.09 Å². The Bertz CT molecular complexity index is 192. The van der Waals surface area contributed by atoms with Crippen molar-refractivity contribution in [2.75, 3.05) is 13.3 Å². The Morgan fingerprint density at radius 3 is 2.40 bits per heavy atom. The van der Waals surface area contributed by atoms with Crippen LogP contribution < -0.4 is 5.32 Å². The zero-order valence-electron chi connectivity index (χ0n) is 8.68. The van der Waals surface area contributed by atoms with E-state index in [0.29, 0.717) is 0 Å². The quantitative estimate of drug-likeness (QED) is 0.791. The van der Waals surface area contributed by atoms with E-state index in [1.165, 1.54) is 6.42 Å². The fourth-order valence-electron chi connectivity index (χ4n) is 1.65. The Morgan fingerprint density at radius 1 is 1.27 bits per heavy atom. The minimum absolute atomic E-state index is 0.0846. The lowest BCUT2D eigenvalue weighted by Gasteiger charge is -2.22. The highest BCUT2D eigenvalue weighted by molar-refractivity contribution is 5.67. The van der Waals surface area contributed by atoms with Gasteiger partial charge in [0.25, 0.3) is 0 Å². The Hall–Kier alpha value is -0.870. The maximum atomic E-state index is 12.1. The predicted octanol–water partition coefficient (Wildman–Crippen LogP) is 2.35. The number of hydrogen-bond donors (Lipinski definition) is 1. The van der Waals surface area contributed by atoms with E-state index in [4.69, 9.17) is 4.74 Å². The van der Waals surface area contributed by atoms with Crippen LogP contribution in [0.15, 0.2) is 0 Å². The molecule has 15 heavy (non-hydrogen) atoms. The van der Waals surface area contributed by atoms with Crippen molar-refractivity contribution in [3.05, 3.63) is 0 Å². The zero-order valence-corrected chi connectivity index (χ0v) is 8.68. The summed E-state index contributed by atoms with van der Waals surface area (Å²) < 4.78 is 29.2. The molecule has 0 radical (unpaired) electrons. The van der Waals surface area contributed by atoms with Gasteiger partial charge in [0.05, 0.1) is 6.04 Å². The normalized spacial score (nSPS) is 17.8. The van der Waals surface area contributed by atoms with Gasteiger partial charge in [-0.2, -0.15) is 0 Å². The van der Waals surface area contributed by atoms with Crippen LogP contribution in [0.1, 0.15) is 32.1 Å². The van der Waals surface area contributed by atoms with Crippen LogP contribution in [-0.4, -0.2) is 31.6 Å². The van der Waals surface area contributed by atoms with E-state index in [0.717, 1.165) is 25.7 Å². The molecule has 5 heteroatoms. The molecule has 1 aliphatic rings. The summed E-state index contributed by atoms with van der Waals surface area (Å²) in [6.07, 6.45) is 4.17. The molecule has 1 amide bonds. The first-order valence-corrected chi connectivity index (χ1v) is 5.35. The summed E-state index contributed by atoms with van der Waals surface area (Å²) in [4.78, 5) is 11.2. The van der Waals surface area contributed by atoms with E-state index in [1.807, 2.05) is 0 Å². The number of ether oxygens (including phenoxy) is 1. The van der Waals surface area contributed by atoms with Gasteiger partial charge in [0.2, 0.25) is 0 Å². The number of nitrogens with one attached hydrogen (secondary N) is 1. The van der Waals surface area contributed by atoms with Gasteiger partial charge in [-0.25, -0.2) is 13.6 Å². The highest BCUT2D eigenvalue weighted by Gasteiger charge is 2.19. The third-order valence-corrected chi connectivity index (χ3v) is 2.52. The van der Waals surface area contributed by atoms with Crippen LogP contribution in [-0.2, 0) is 4.74 Å². The highest BCUT2D eigenvalue weighted by atomic mass is 19.1. The van der Waals surface area contributed by atoms with E-state index in [9.17, 15) is 13.6 Å². The van der Waals surface area contributed by atoms with Crippen molar-refractivity contribution in [1.29, 1.82) is 0 Å². The fourth-order valence-corrected chi connectivity index (χ4v) is 1.65. The van der Waals surface area contributed by atoms with Gasteiger partial charge in [-0.3, -0.25) is 0 Å². The fraction of sp³-hybridized carbons (Fsp3) is 0.900. The summed E-state index contributed by atoms with van der Waals surface area (Å²) in [5, 5.41) is 2.15. The summed E-state index contributed by atoms with van der Waals surface area (Å²) >= 11 is 0. The number of hydrogen-bond acceptors (Lipinski definition) is 2. The summed E-state index contributed by atoms with van der Waals surface area (Å²) in [6.45, 7) is -1.81. The van der Waals surface area contributed by atoms with Crippen molar-refractivity contribution in [1.82, 2.24) is 5.32 Å². The number of carbonyl (C=O) groups excluding carboxylic acids is 1. The molecule has 0 aromatic heterocycles. The number of carbonyl (C=O) groups is 1. The topological polar surface area (TPSA) is 38.3 Å². The van der Waals surface area contributed by atoms with Crippen LogP contribution in [0.5, 0.6) is 0 Å². The van der Waals surface area contributed by atoms with Gasteiger partial charge in [0, 0.05) is 0 Å². The molecule has 3 nitrogen and oxygen atoms in total. The second-order valence-corrected chi connectivity index (χ2v) is 3.82. The Morgan fingerprint density at radius 2 is 1.87 bits per heavy atom. The first-order valence-electron chi connectivity index (χ1n) is 5.35. The van der Waals surface area contributed by atoms with Crippen LogP contribution in [0.2, 0.25) is 0 Å². The average molecular weight is 221 g/mol. The lowest BCUT2D eigenvalue weighted by Crippen LogP contribution is -2.40. The molecule has 0 aromatic carbocycles. The maximum Gasteiger partial charge on any atom is 0.407 e. The second-order valence-electron chi connectivity index (χ2n) is 3.82. The largest absolute Gasteiger partial charge is 0.446 e. The molecule has 1 N–H and O–H groups in total. The molecular weight excluding hydrogens is 204 g/mol. The van der Waals surface area contributed by atoms with E-state index in [-0.39, 0.29) is 6.10 Å². The molecule has 1 fully saturated rings. The van der Waals surface area contributed by atoms with Crippen molar-refractivity contribution in [3.8, 4) is 0 Å². The van der Waals surface area contributed by atoms with E-state index in [1.54, 1.807) is 0 Å². The standard InChI is InChI=1S/C10H17F2NO2/c11-6-8(7-12)13-10(14)15-9-4-2-1-3-5-9/h8-9H,1-7H2,(H,13,14). The lowest BCUT2D eigenvalue weighted by molar-refractivity contribution is 0.0708. The SMILES string of the molecule is O=C(NC(CF)CF)OC1CCCCC1. The van der Waals surface area contributed by atoms with Crippen LogP contribution >= 0.6 is 0 Å². The number of rotatable bonds is 4. The lowest BCUT2D eigenvalue weighted by atomic mass is 9.98. The molecule has 1 saturated carbocycles. The third kappa shape index (κ3) is 4.44. The van der Waals surface area contributed by atoms with Gasteiger partial charge in [0.15, 0.2) is 0 Å². The van der Waals surface area contributed by atoms with E-state index in [2.05, 4.69) is 5.32 Å². The van der Waals surface area contributed by atoms with Gasteiger partial charge in [-0.05, 0) is 25.7 Å². The first kappa shape index (κ1) is 12.2. The summed E-state index contributed by atoms with van der Waals surface area (Å²) in [7, 11) is 0. The van der Waals surface area contributed by atoms with Crippen molar-refractivity contribution < 1.29 is 18.3 Å². The zero-order chi connectivity index (χ0) is 11.1. The van der Waals surface area contributed by atoms with Gasteiger partial charge in [-0.1, -0.05) is 6.42 Å². The third-order valence-electron chi connectivity index (χ3n) is 2.52. The summed E-state index contributed by atoms with van der Waals surface area (Å²) in [5.41, 5.74) is 0. The molecule has 0 aromatic rings. The van der Waals surface area contributed by atoms with Gasteiger partial charge < -0.3 is 10.1 Å². The van der Waals surface area contributed by atoms with Gasteiger partial charge >= 0.3 is 6.09 Å². The van der Waals surface area contributed by atoms with E-state index >= 15 is 0 Å². The van der Waals surface area contributed by atoms with Gasteiger partial charge in [-0.15, -0.1) is 0 Å². The molecule has 1 rings (SSSR count). The number of halogens is 2. The molecule has 0 bridgehead atoms. The monoisotopic (exact) mass is 221 g/mol. The van der Waals surface area contributed by atoms with Crippen LogP contribution in [0.25, 0.3) is 0 Å². The molecule has 0 unspecified atom stereocenters. The van der Waals surface area contributed by atoms with Crippen LogP contribution in [0.3, 0.4) is 0 Å². The van der Waals surface area contributed by atoms with Gasteiger partial charge in [0.1, 0.15) is 19.5 Å². The minimum Gasteiger partial charge on any atom is -0.446 e. The predicted molar refractivity (Wildman–Crippen MR) is 52.2 cm³/mol. The second kappa shape index (κ2) is 6.58. The first-order chi connectivity index (χ1) is 7.26. The number of alkyl halides is 2. The molecule has 0 atom stereocenters. The molecule has 0 saturated heterocycles. The van der Waals surface area contributed by atoms with Crippen molar-refractivity contribution in [3.63, 3.8) is 0 Å². The van der Waals surface area contributed by atoms with Crippen LogP contribution in [0.4, 0.5) is 13.6 Å². The number of amides is 1. The Kier molecular flexibility index (Phi) is 5.36. The van der Waals surface area contributed by atoms with E-state index < -0.39 is 25.5 Å². The molecule has 0 aliphatic heterocycles. The minimum atomic E-state index is -1.07. The smallest absolute Gasteiger partial charge is 0.407 e. The van der Waals surface area contributed by atoms with Crippen molar-refractivity contribution in [2.24, 2.45) is 0 Å². The molecule has 0 spiro atoms. The maximum absolute atomic E-state index is 12.1. The number of alkyl carbamates (subject to hydrolysis) is 1. The average Bonchev–Trinajstić information content (AvgIpc) is 2.27. The molecule has 88 valence electrons. The Labute approximate surface area is 88.2 Å². The highest BCUT2D eigenvalue weighted by Crippen LogP contribution is 2.20. The Balaban J connectivity index is 2.21.